The molecule has 2 fully saturated rings. The fraction of sp³-hybridized carbons (Fsp3) is 0.500. The summed E-state index contributed by atoms with van der Waals surface area (Å²) in [5.74, 6) is 0.932. The largest absolute Gasteiger partial charge is 0.368 e. The Hall–Kier alpha value is -2.47. The van der Waals surface area contributed by atoms with Crippen LogP contribution < -0.4 is 4.90 Å². The summed E-state index contributed by atoms with van der Waals surface area (Å²) >= 11 is 0. The van der Waals surface area contributed by atoms with E-state index in [9.17, 15) is 4.79 Å². The summed E-state index contributed by atoms with van der Waals surface area (Å²) in [6, 6.07) is 8.51. The fourth-order valence-corrected chi connectivity index (χ4v) is 4.00. The van der Waals surface area contributed by atoms with Crippen molar-refractivity contribution in [3.63, 3.8) is 0 Å². The number of aliphatic imine (C=N–C) groups is 2. The molecule has 0 spiro atoms. The van der Waals surface area contributed by atoms with Crippen LogP contribution in [0.15, 0.2) is 47.0 Å². The van der Waals surface area contributed by atoms with Crippen LogP contribution in [0.3, 0.4) is 0 Å². The quantitative estimate of drug-likeness (QED) is 0.582. The average Bonchev–Trinajstić information content (AvgIpc) is 3.21. The second kappa shape index (κ2) is 9.64. The lowest BCUT2D eigenvalue weighted by molar-refractivity contribution is -0.134. The number of carbonyl (C=O) groups is 1. The van der Waals surface area contributed by atoms with Gasteiger partial charge >= 0.3 is 0 Å². The minimum absolute atomic E-state index is 0.214. The van der Waals surface area contributed by atoms with E-state index in [1.807, 2.05) is 24.0 Å². The highest BCUT2D eigenvalue weighted by Crippen LogP contribution is 2.21. The number of carbonyl (C=O) groups excluding carboxylic acids is 1. The van der Waals surface area contributed by atoms with Crippen LogP contribution in [0.2, 0.25) is 0 Å². The van der Waals surface area contributed by atoms with E-state index in [0.717, 1.165) is 38.3 Å². The van der Waals surface area contributed by atoms with Crippen LogP contribution in [0.25, 0.3) is 0 Å². The Bertz CT molecular complexity index is 734. The van der Waals surface area contributed by atoms with Crippen molar-refractivity contribution >= 4 is 23.6 Å². The third-order valence-electron chi connectivity index (χ3n) is 5.46. The standard InChI is InChI=1S/C22H31N5O/c1-4-23-22(24-5-2)19-8-10-20(11-9-19)26-14-15-27(18(3)16-26)21(28)17-25-12-6-7-13-25/h4-5,8-11,18H,1,6-7,12-17H2,2-3H3. The topological polar surface area (TPSA) is 51.5 Å². The first-order chi connectivity index (χ1) is 13.6. The van der Waals surface area contributed by atoms with Crippen LogP contribution in [-0.4, -0.2) is 73.1 Å². The van der Waals surface area contributed by atoms with E-state index < -0.39 is 0 Å². The number of anilines is 1. The van der Waals surface area contributed by atoms with Gasteiger partial charge in [0, 0.05) is 49.3 Å². The van der Waals surface area contributed by atoms with E-state index in [-0.39, 0.29) is 11.9 Å². The van der Waals surface area contributed by atoms with E-state index in [0.29, 0.717) is 12.4 Å². The highest BCUT2D eigenvalue weighted by molar-refractivity contribution is 6.03. The van der Waals surface area contributed by atoms with Crippen molar-refractivity contribution in [2.24, 2.45) is 9.98 Å². The average molecular weight is 382 g/mol. The third kappa shape index (κ3) is 4.87. The predicted octanol–water partition coefficient (Wildman–Crippen LogP) is 2.80. The summed E-state index contributed by atoms with van der Waals surface area (Å²) in [6.45, 7) is 12.9. The zero-order valence-corrected chi connectivity index (χ0v) is 17.0. The summed E-state index contributed by atoms with van der Waals surface area (Å²) in [6.07, 6.45) is 5.68. The second-order valence-corrected chi connectivity index (χ2v) is 7.43. The maximum Gasteiger partial charge on any atom is 0.237 e. The van der Waals surface area contributed by atoms with Crippen LogP contribution in [0, 0.1) is 0 Å². The Morgan fingerprint density at radius 2 is 1.89 bits per heavy atom. The normalized spacial score (nSPS) is 21.5. The van der Waals surface area contributed by atoms with Gasteiger partial charge in [-0.05, 0) is 64.0 Å². The molecule has 2 saturated heterocycles. The van der Waals surface area contributed by atoms with Crippen molar-refractivity contribution in [2.45, 2.75) is 32.7 Å². The highest BCUT2D eigenvalue weighted by atomic mass is 16.2. The summed E-state index contributed by atoms with van der Waals surface area (Å²) in [7, 11) is 0. The molecule has 2 aliphatic rings. The Labute approximate surface area is 168 Å². The van der Waals surface area contributed by atoms with Crippen LogP contribution in [0.1, 0.15) is 32.3 Å². The Balaban J connectivity index is 1.61. The molecular formula is C22H31N5O. The summed E-state index contributed by atoms with van der Waals surface area (Å²) in [4.78, 5) is 27.9. The molecular weight excluding hydrogens is 350 g/mol. The number of hydrogen-bond acceptors (Lipinski definition) is 4. The number of benzene rings is 1. The van der Waals surface area contributed by atoms with Crippen molar-refractivity contribution < 1.29 is 4.79 Å². The molecule has 0 aromatic heterocycles. The number of nitrogens with zero attached hydrogens (tertiary/aromatic N) is 5. The minimum Gasteiger partial charge on any atom is -0.368 e. The molecule has 2 aliphatic heterocycles. The van der Waals surface area contributed by atoms with Gasteiger partial charge in [0.1, 0.15) is 0 Å². The monoisotopic (exact) mass is 381 g/mol. The molecule has 28 heavy (non-hydrogen) atoms. The Morgan fingerprint density at radius 1 is 1.18 bits per heavy atom. The van der Waals surface area contributed by atoms with E-state index in [4.69, 9.17) is 0 Å². The van der Waals surface area contributed by atoms with Crippen LogP contribution >= 0.6 is 0 Å². The van der Waals surface area contributed by atoms with Gasteiger partial charge in [-0.2, -0.15) is 0 Å². The number of amides is 1. The molecule has 150 valence electrons. The van der Waals surface area contributed by atoms with E-state index in [1.165, 1.54) is 24.7 Å². The maximum atomic E-state index is 12.7. The van der Waals surface area contributed by atoms with Crippen LogP contribution in [-0.2, 0) is 4.79 Å². The van der Waals surface area contributed by atoms with Gasteiger partial charge in [0.25, 0.3) is 0 Å². The van der Waals surface area contributed by atoms with Crippen molar-refractivity contribution in [2.75, 3.05) is 44.2 Å². The molecule has 0 radical (unpaired) electrons. The summed E-state index contributed by atoms with van der Waals surface area (Å²) < 4.78 is 0. The lowest BCUT2D eigenvalue weighted by Gasteiger charge is -2.41. The zero-order valence-electron chi connectivity index (χ0n) is 17.0. The van der Waals surface area contributed by atoms with Gasteiger partial charge in [0.15, 0.2) is 5.84 Å². The molecule has 1 atom stereocenters. The molecule has 6 heteroatoms. The SMILES string of the molecule is C=CN=C(N=CC)c1ccc(N2CCN(C(=O)CN3CCCC3)C(C)C2)cc1. The molecule has 0 bridgehead atoms. The fourth-order valence-electron chi connectivity index (χ4n) is 4.00. The van der Waals surface area contributed by atoms with Crippen molar-refractivity contribution in [1.82, 2.24) is 9.80 Å². The van der Waals surface area contributed by atoms with Gasteiger partial charge in [0.05, 0.1) is 6.54 Å². The molecule has 1 unspecified atom stereocenters. The molecule has 6 nitrogen and oxygen atoms in total. The maximum absolute atomic E-state index is 12.7. The third-order valence-corrected chi connectivity index (χ3v) is 5.46. The molecule has 0 saturated carbocycles. The minimum atomic E-state index is 0.214. The number of likely N-dealkylation sites (tertiary alicyclic amines) is 1. The Kier molecular flexibility index (Phi) is 6.98. The first-order valence-electron chi connectivity index (χ1n) is 10.2. The first kappa shape index (κ1) is 20.3. The van der Waals surface area contributed by atoms with Crippen molar-refractivity contribution in [1.29, 1.82) is 0 Å². The molecule has 3 rings (SSSR count). The van der Waals surface area contributed by atoms with Gasteiger partial charge in [-0.1, -0.05) is 6.58 Å². The molecule has 0 N–H and O–H groups in total. The number of hydrogen-bond donors (Lipinski definition) is 0. The van der Waals surface area contributed by atoms with Gasteiger partial charge in [-0.25, -0.2) is 9.98 Å². The Morgan fingerprint density at radius 3 is 2.50 bits per heavy atom. The molecule has 0 aliphatic carbocycles. The van der Waals surface area contributed by atoms with Crippen molar-refractivity contribution in [3.8, 4) is 0 Å². The van der Waals surface area contributed by atoms with Gasteiger partial charge in [0.2, 0.25) is 5.91 Å². The first-order valence-corrected chi connectivity index (χ1v) is 10.2. The van der Waals surface area contributed by atoms with Gasteiger partial charge < -0.3 is 9.80 Å². The lowest BCUT2D eigenvalue weighted by Crippen LogP contribution is -2.55. The van der Waals surface area contributed by atoms with E-state index >= 15 is 0 Å². The number of piperazine rings is 1. The van der Waals surface area contributed by atoms with Crippen LogP contribution in [0.4, 0.5) is 5.69 Å². The van der Waals surface area contributed by atoms with Gasteiger partial charge in [-0.3, -0.25) is 9.69 Å². The molecule has 1 amide bonds. The lowest BCUT2D eigenvalue weighted by atomic mass is 10.1. The summed E-state index contributed by atoms with van der Waals surface area (Å²) in [5, 5.41) is 0. The second-order valence-electron chi connectivity index (χ2n) is 7.43. The van der Waals surface area contributed by atoms with Crippen molar-refractivity contribution in [3.05, 3.63) is 42.6 Å². The highest BCUT2D eigenvalue weighted by Gasteiger charge is 2.29. The van der Waals surface area contributed by atoms with E-state index in [1.54, 1.807) is 6.21 Å². The predicted molar refractivity (Wildman–Crippen MR) is 116 cm³/mol. The number of rotatable bonds is 5. The molecule has 1 aromatic carbocycles. The summed E-state index contributed by atoms with van der Waals surface area (Å²) in [5.41, 5.74) is 2.13. The van der Waals surface area contributed by atoms with Gasteiger partial charge in [-0.15, -0.1) is 0 Å². The smallest absolute Gasteiger partial charge is 0.237 e. The zero-order chi connectivity index (χ0) is 19.9. The van der Waals surface area contributed by atoms with Crippen LogP contribution in [0.5, 0.6) is 0 Å². The molecule has 2 heterocycles. The van der Waals surface area contributed by atoms with E-state index in [2.05, 4.69) is 45.4 Å². The molecule has 1 aromatic rings. The number of amidine groups is 1.